The molecule has 0 bridgehead atoms. The van der Waals surface area contributed by atoms with Gasteiger partial charge in [-0.3, -0.25) is 14.4 Å². The van der Waals surface area contributed by atoms with Crippen molar-refractivity contribution in [2.75, 3.05) is 26.4 Å². The van der Waals surface area contributed by atoms with Gasteiger partial charge in [0.25, 0.3) is 15.9 Å². The second-order valence-electron chi connectivity index (χ2n) is 12.4. The Labute approximate surface area is 256 Å². The van der Waals surface area contributed by atoms with Gasteiger partial charge in [0.1, 0.15) is 6.04 Å². The summed E-state index contributed by atoms with van der Waals surface area (Å²) in [7, 11) is -0.851. The predicted molar refractivity (Wildman–Crippen MR) is 171 cm³/mol. The van der Waals surface area contributed by atoms with Crippen molar-refractivity contribution >= 4 is 33.4 Å². The van der Waals surface area contributed by atoms with E-state index in [1.165, 1.54) is 36.1 Å². The van der Waals surface area contributed by atoms with E-state index in [1.54, 1.807) is 14.1 Å². The Hall–Kier alpha value is -3.70. The highest BCUT2D eigenvalue weighted by molar-refractivity contribution is 7.90. The number of hydrogen-bond acceptors (Lipinski definition) is 7. The van der Waals surface area contributed by atoms with Crippen LogP contribution >= 0.6 is 0 Å². The average molecular weight is 614 g/mol. The maximum atomic E-state index is 13.6. The summed E-state index contributed by atoms with van der Waals surface area (Å²) >= 11 is 0. The van der Waals surface area contributed by atoms with Crippen molar-refractivity contribution in [1.29, 1.82) is 0 Å². The van der Waals surface area contributed by atoms with Crippen LogP contribution in [-0.4, -0.2) is 63.8 Å². The number of nitrogen functional groups attached to an aromatic ring is 1. The van der Waals surface area contributed by atoms with Crippen LogP contribution in [0.1, 0.15) is 59.6 Å². The van der Waals surface area contributed by atoms with Crippen molar-refractivity contribution < 1.29 is 22.8 Å². The number of anilines is 1. The van der Waals surface area contributed by atoms with E-state index >= 15 is 0 Å². The molecular weight excluding hydrogens is 566 g/mol. The summed E-state index contributed by atoms with van der Waals surface area (Å²) in [6.45, 7) is 12.9. The lowest BCUT2D eigenvalue weighted by Crippen LogP contribution is -2.60. The van der Waals surface area contributed by atoms with E-state index in [2.05, 4.69) is 15.4 Å². The summed E-state index contributed by atoms with van der Waals surface area (Å²) in [6.07, 6.45) is 2.01. The number of carbonyl (C=O) groups excluding carboxylic acids is 3. The molecule has 0 heterocycles. The lowest BCUT2D eigenvalue weighted by Gasteiger charge is -2.38. The molecule has 2 rings (SSSR count). The number of rotatable bonds is 12. The van der Waals surface area contributed by atoms with Crippen molar-refractivity contribution in [1.82, 2.24) is 20.3 Å². The first-order valence-corrected chi connectivity index (χ1v) is 15.8. The summed E-state index contributed by atoms with van der Waals surface area (Å²) in [5.74, 6) is -1.47. The average Bonchev–Trinajstić information content (AvgIpc) is 2.93. The van der Waals surface area contributed by atoms with Crippen molar-refractivity contribution in [3.63, 3.8) is 0 Å². The third kappa shape index (κ3) is 8.90. The third-order valence-electron chi connectivity index (χ3n) is 7.63. The number of hydrogen-bond donors (Lipinski definition) is 4. The Balaban J connectivity index is 2.17. The molecule has 43 heavy (non-hydrogen) atoms. The summed E-state index contributed by atoms with van der Waals surface area (Å²) in [5.41, 5.74) is 6.90. The molecule has 3 amide bonds. The summed E-state index contributed by atoms with van der Waals surface area (Å²) in [5, 5.41) is 6.07. The highest BCUT2D eigenvalue weighted by Gasteiger charge is 2.40. The number of likely N-dealkylation sites (N-methyl/N-ethyl adjacent to an activating group) is 2. The van der Waals surface area contributed by atoms with Crippen molar-refractivity contribution in [3.8, 4) is 0 Å². The largest absolute Gasteiger partial charge is 0.399 e. The fourth-order valence-corrected chi connectivity index (χ4v) is 5.79. The molecule has 10 nitrogen and oxygen atoms in total. The molecular formula is C32H47N5O5S. The summed E-state index contributed by atoms with van der Waals surface area (Å²) < 4.78 is 27.7. The molecule has 0 saturated carbocycles. The van der Waals surface area contributed by atoms with Crippen molar-refractivity contribution in [3.05, 3.63) is 71.3 Å². The molecule has 0 aromatic heterocycles. The van der Waals surface area contributed by atoms with Crippen LogP contribution in [0.15, 0.2) is 65.1 Å². The zero-order valence-electron chi connectivity index (χ0n) is 26.7. The monoisotopic (exact) mass is 613 g/mol. The maximum Gasteiger partial charge on any atom is 0.264 e. The Morgan fingerprint density at radius 2 is 1.60 bits per heavy atom. The number of amides is 3. The smallest absolute Gasteiger partial charge is 0.264 e. The van der Waals surface area contributed by atoms with Gasteiger partial charge in [0.2, 0.25) is 11.8 Å². The van der Waals surface area contributed by atoms with Gasteiger partial charge in [-0.15, -0.1) is 0 Å². The van der Waals surface area contributed by atoms with E-state index < -0.39 is 38.8 Å². The minimum Gasteiger partial charge on any atom is -0.399 e. The van der Waals surface area contributed by atoms with Gasteiger partial charge in [0.15, 0.2) is 0 Å². The number of nitrogens with zero attached hydrogens (tertiary/aromatic N) is 1. The standard InChI is InChI=1S/C32H47N5O5S/c1-10-22-20-24(16-17-25(22)33)43(41,42)36-28(38)21(2)18-19-37(9)30(40)27(31(3,4)5)35-29(39)26(34-8)32(6,7)23-14-12-11-13-15-23/h11-18,20,26-27,34H,10,19,33H2,1-9H3,(H,35,39)(H,36,38)/b21-18+/t26-,27?/m1/s1. The number of carbonyl (C=O) groups is 3. The highest BCUT2D eigenvalue weighted by Crippen LogP contribution is 2.28. The Morgan fingerprint density at radius 1 is 1.00 bits per heavy atom. The fraction of sp³-hybridized carbons (Fsp3) is 0.469. The molecule has 0 saturated heterocycles. The van der Waals surface area contributed by atoms with Gasteiger partial charge in [0, 0.05) is 30.3 Å². The zero-order chi connectivity index (χ0) is 32.8. The first-order valence-electron chi connectivity index (χ1n) is 14.3. The van der Waals surface area contributed by atoms with Crippen LogP contribution in [0.3, 0.4) is 0 Å². The van der Waals surface area contributed by atoms with Crippen LogP contribution in [-0.2, 0) is 36.2 Å². The first kappa shape index (κ1) is 35.5. The third-order valence-corrected chi connectivity index (χ3v) is 8.96. The van der Waals surface area contributed by atoms with E-state index in [0.717, 1.165) is 5.56 Å². The summed E-state index contributed by atoms with van der Waals surface area (Å²) in [4.78, 5) is 41.2. The van der Waals surface area contributed by atoms with Crippen LogP contribution in [0, 0.1) is 5.41 Å². The van der Waals surface area contributed by atoms with E-state index in [-0.39, 0.29) is 28.8 Å². The fourth-order valence-electron chi connectivity index (χ4n) is 4.72. The van der Waals surface area contributed by atoms with Crippen LogP contribution in [0.4, 0.5) is 5.69 Å². The second kappa shape index (κ2) is 14.2. The molecule has 0 aliphatic carbocycles. The molecule has 0 aliphatic rings. The number of sulfonamides is 1. The molecule has 0 aliphatic heterocycles. The molecule has 2 aromatic carbocycles. The van der Waals surface area contributed by atoms with Gasteiger partial charge in [0.05, 0.1) is 10.9 Å². The minimum atomic E-state index is -4.13. The minimum absolute atomic E-state index is 0.0212. The van der Waals surface area contributed by atoms with Crippen LogP contribution in [0.5, 0.6) is 0 Å². The van der Waals surface area contributed by atoms with E-state index in [9.17, 15) is 22.8 Å². The highest BCUT2D eigenvalue weighted by atomic mass is 32.2. The number of benzene rings is 2. The van der Waals surface area contributed by atoms with Gasteiger partial charge in [-0.1, -0.05) is 78.0 Å². The van der Waals surface area contributed by atoms with Gasteiger partial charge in [-0.2, -0.15) is 0 Å². The Morgan fingerprint density at radius 3 is 2.14 bits per heavy atom. The van der Waals surface area contributed by atoms with Gasteiger partial charge >= 0.3 is 0 Å². The first-order chi connectivity index (χ1) is 19.9. The second-order valence-corrected chi connectivity index (χ2v) is 14.1. The summed E-state index contributed by atoms with van der Waals surface area (Å²) in [6, 6.07) is 12.5. The quantitative estimate of drug-likeness (QED) is 0.212. The van der Waals surface area contributed by atoms with E-state index in [4.69, 9.17) is 5.73 Å². The van der Waals surface area contributed by atoms with Crippen LogP contribution in [0.2, 0.25) is 0 Å². The predicted octanol–water partition coefficient (Wildman–Crippen LogP) is 3.14. The molecule has 2 atom stereocenters. The number of aryl methyl sites for hydroxylation is 1. The molecule has 0 fully saturated rings. The van der Waals surface area contributed by atoms with E-state index in [1.807, 2.05) is 71.9 Å². The lowest BCUT2D eigenvalue weighted by atomic mass is 9.76. The van der Waals surface area contributed by atoms with Crippen molar-refractivity contribution in [2.45, 2.75) is 77.3 Å². The topological polar surface area (TPSA) is 151 Å². The molecule has 0 spiro atoms. The number of nitrogens with one attached hydrogen (secondary N) is 3. The van der Waals surface area contributed by atoms with Gasteiger partial charge in [-0.25, -0.2) is 13.1 Å². The zero-order valence-corrected chi connectivity index (χ0v) is 27.6. The van der Waals surface area contributed by atoms with Crippen LogP contribution < -0.4 is 21.1 Å². The SMILES string of the molecule is CCc1cc(S(=O)(=O)NC(=O)/C(C)=C/CN(C)C(=O)C(NC(=O)[C@@H](NC)C(C)(C)c2ccccc2)C(C)(C)C)ccc1N. The molecule has 11 heteroatoms. The number of nitrogens with two attached hydrogens (primary N) is 1. The maximum absolute atomic E-state index is 13.6. The molecule has 0 radical (unpaired) electrons. The van der Waals surface area contributed by atoms with Gasteiger partial charge in [-0.05, 0) is 55.1 Å². The normalized spacial score (nSPS) is 14.0. The van der Waals surface area contributed by atoms with E-state index in [0.29, 0.717) is 17.7 Å². The van der Waals surface area contributed by atoms with Crippen LogP contribution in [0.25, 0.3) is 0 Å². The molecule has 1 unspecified atom stereocenters. The molecule has 2 aromatic rings. The molecule has 236 valence electrons. The van der Waals surface area contributed by atoms with Crippen molar-refractivity contribution in [2.24, 2.45) is 5.41 Å². The molecule has 5 N–H and O–H groups in total. The Bertz CT molecular complexity index is 1450. The lowest BCUT2D eigenvalue weighted by molar-refractivity contribution is -0.139. The van der Waals surface area contributed by atoms with Gasteiger partial charge < -0.3 is 21.3 Å². The Kier molecular flexibility index (Phi) is 11.7.